The van der Waals surface area contributed by atoms with Crippen molar-refractivity contribution in [3.63, 3.8) is 0 Å². The van der Waals surface area contributed by atoms with Gasteiger partial charge in [0.1, 0.15) is 39.9 Å². The Bertz CT molecular complexity index is 1510. The van der Waals surface area contributed by atoms with Crippen LogP contribution in [-0.4, -0.2) is 68.1 Å². The van der Waals surface area contributed by atoms with Crippen molar-refractivity contribution >= 4 is 34.7 Å². The molecule has 1 fully saturated rings. The minimum atomic E-state index is -4.56. The third-order valence-electron chi connectivity index (χ3n) is 6.27. The van der Waals surface area contributed by atoms with E-state index < -0.39 is 23.8 Å². The lowest BCUT2D eigenvalue weighted by atomic mass is 10.1. The second-order valence-corrected chi connectivity index (χ2v) is 9.20. The van der Waals surface area contributed by atoms with Crippen molar-refractivity contribution in [1.29, 1.82) is 0 Å². The number of β-amino-alcohol motifs (C(OH)–C–C–N with tert-alkyl or cyclic N) is 1. The number of pyridine rings is 1. The number of alkyl halides is 3. The minimum Gasteiger partial charge on any atom is -0.395 e. The van der Waals surface area contributed by atoms with Gasteiger partial charge in [0.2, 0.25) is 0 Å². The Morgan fingerprint density at radius 1 is 1.23 bits per heavy atom. The van der Waals surface area contributed by atoms with Crippen LogP contribution < -0.4 is 11.1 Å². The first-order valence-corrected chi connectivity index (χ1v) is 12.3. The first-order valence-electron chi connectivity index (χ1n) is 11.9. The molecule has 1 amide bonds. The summed E-state index contributed by atoms with van der Waals surface area (Å²) >= 11 is 6.50. The number of halogens is 4. The zero-order chi connectivity index (χ0) is 27.7. The van der Waals surface area contributed by atoms with Gasteiger partial charge in [0.15, 0.2) is 0 Å². The molecule has 1 saturated heterocycles. The van der Waals surface area contributed by atoms with Gasteiger partial charge >= 0.3 is 6.18 Å². The Balaban J connectivity index is 1.45. The number of imidazole rings is 1. The number of aliphatic hydroxyl groups excluding tert-OH is 1. The number of nitrogens with two attached hydrogens (primary N) is 1. The largest absolute Gasteiger partial charge is 0.416 e. The third kappa shape index (κ3) is 5.52. The summed E-state index contributed by atoms with van der Waals surface area (Å²) in [5.74, 6) is -0.153. The summed E-state index contributed by atoms with van der Waals surface area (Å²) in [7, 11) is 0. The lowest BCUT2D eigenvalue weighted by molar-refractivity contribution is -0.137. The molecule has 0 aliphatic carbocycles. The number of benzene rings is 1. The maximum absolute atomic E-state index is 13.0. The van der Waals surface area contributed by atoms with Crippen LogP contribution in [-0.2, 0) is 10.9 Å². The van der Waals surface area contributed by atoms with E-state index in [4.69, 9.17) is 27.1 Å². The molecule has 0 spiro atoms. The van der Waals surface area contributed by atoms with Gasteiger partial charge in [-0.1, -0.05) is 23.7 Å². The molecular weight excluding hydrogens is 539 g/mol. The molecule has 14 heteroatoms. The predicted octanol–water partition coefficient (Wildman–Crippen LogP) is 3.66. The van der Waals surface area contributed by atoms with Crippen LogP contribution in [0.2, 0.25) is 5.15 Å². The zero-order valence-corrected chi connectivity index (χ0v) is 21.1. The number of nitrogens with zero attached hydrogens (tertiary/aromatic N) is 5. The third-order valence-corrected chi connectivity index (χ3v) is 6.54. The molecule has 0 bridgehead atoms. The molecule has 4 N–H and O–H groups in total. The average Bonchev–Trinajstić information content (AvgIpc) is 3.33. The van der Waals surface area contributed by atoms with Gasteiger partial charge < -0.3 is 20.9 Å². The Kier molecular flexibility index (Phi) is 7.40. The molecule has 1 atom stereocenters. The minimum absolute atomic E-state index is 0.0156. The summed E-state index contributed by atoms with van der Waals surface area (Å²) in [6, 6.07) is 7.89. The van der Waals surface area contributed by atoms with E-state index in [-0.39, 0.29) is 29.0 Å². The number of hydrogen-bond acceptors (Lipinski definition) is 8. The van der Waals surface area contributed by atoms with Crippen molar-refractivity contribution in [3.8, 4) is 11.3 Å². The number of nitrogens with one attached hydrogen (secondary N) is 1. The van der Waals surface area contributed by atoms with E-state index in [1.807, 2.05) is 0 Å². The normalized spacial score (nSPS) is 16.5. The van der Waals surface area contributed by atoms with Crippen molar-refractivity contribution < 1.29 is 27.8 Å². The van der Waals surface area contributed by atoms with Crippen molar-refractivity contribution in [2.75, 3.05) is 43.9 Å². The quantitative estimate of drug-likeness (QED) is 0.325. The molecule has 1 aliphatic heterocycles. The summed E-state index contributed by atoms with van der Waals surface area (Å²) in [6.45, 7) is 2.11. The van der Waals surface area contributed by atoms with Gasteiger partial charge in [-0.2, -0.15) is 13.2 Å². The Labute approximate surface area is 225 Å². The standard InChI is InChI=1S/C25H23ClF3N7O3/c26-18-12-32-22(30)21-20(34-23(36(18)21)17-13-35(7-9-37)8-10-39-17)14-1-3-15(4-2-14)24(38)33-19-11-16(5-6-31-19)25(27,28)29/h1-6,11-12,17,37H,7-10,13H2,(H2,30,32)(H,31,33,38)/t17-/m1/s1. The summed E-state index contributed by atoms with van der Waals surface area (Å²) in [6.07, 6.45) is -2.61. The molecule has 0 unspecified atom stereocenters. The monoisotopic (exact) mass is 561 g/mol. The highest BCUT2D eigenvalue weighted by Crippen LogP contribution is 2.35. The number of amides is 1. The van der Waals surface area contributed by atoms with Crippen LogP contribution in [0.3, 0.4) is 0 Å². The number of anilines is 2. The average molecular weight is 562 g/mol. The fourth-order valence-electron chi connectivity index (χ4n) is 4.40. The van der Waals surface area contributed by atoms with E-state index in [2.05, 4.69) is 20.2 Å². The number of fused-ring (bicyclic) bond motifs is 1. The Morgan fingerprint density at radius 3 is 2.72 bits per heavy atom. The fourth-order valence-corrected chi connectivity index (χ4v) is 4.62. The molecule has 0 saturated carbocycles. The van der Waals surface area contributed by atoms with Gasteiger partial charge in [-0.3, -0.25) is 14.1 Å². The lowest BCUT2D eigenvalue weighted by Gasteiger charge is -2.31. The summed E-state index contributed by atoms with van der Waals surface area (Å²) in [4.78, 5) is 27.5. The van der Waals surface area contributed by atoms with Crippen LogP contribution in [0.15, 0.2) is 48.8 Å². The van der Waals surface area contributed by atoms with Crippen LogP contribution in [0.1, 0.15) is 27.8 Å². The van der Waals surface area contributed by atoms with E-state index in [1.165, 1.54) is 18.3 Å². The van der Waals surface area contributed by atoms with Gasteiger partial charge in [0.05, 0.1) is 25.0 Å². The van der Waals surface area contributed by atoms with Gasteiger partial charge in [-0.05, 0) is 24.3 Å². The van der Waals surface area contributed by atoms with E-state index in [0.717, 1.165) is 18.3 Å². The molecule has 204 valence electrons. The maximum atomic E-state index is 13.0. The van der Waals surface area contributed by atoms with Gasteiger partial charge in [0.25, 0.3) is 5.91 Å². The zero-order valence-electron chi connectivity index (χ0n) is 20.3. The van der Waals surface area contributed by atoms with Crippen LogP contribution in [0.25, 0.3) is 16.8 Å². The van der Waals surface area contributed by atoms with Crippen molar-refractivity contribution in [2.45, 2.75) is 12.3 Å². The number of aliphatic hydroxyl groups is 1. The molecule has 1 aliphatic rings. The predicted molar refractivity (Wildman–Crippen MR) is 137 cm³/mol. The Morgan fingerprint density at radius 2 is 2.00 bits per heavy atom. The summed E-state index contributed by atoms with van der Waals surface area (Å²) < 4.78 is 46.6. The van der Waals surface area contributed by atoms with E-state index in [9.17, 15) is 23.1 Å². The molecule has 4 heterocycles. The highest BCUT2D eigenvalue weighted by molar-refractivity contribution is 6.30. The van der Waals surface area contributed by atoms with E-state index >= 15 is 0 Å². The second-order valence-electron chi connectivity index (χ2n) is 8.81. The number of aromatic nitrogens is 4. The highest BCUT2D eigenvalue weighted by Gasteiger charge is 2.31. The molecule has 3 aromatic heterocycles. The highest BCUT2D eigenvalue weighted by atomic mass is 35.5. The molecule has 1 aromatic carbocycles. The summed E-state index contributed by atoms with van der Waals surface area (Å²) in [5.41, 5.74) is 7.03. The molecule has 39 heavy (non-hydrogen) atoms. The molecule has 0 radical (unpaired) electrons. The number of nitrogen functional groups attached to an aromatic ring is 1. The SMILES string of the molecule is Nc1ncc(Cl)n2c([C@H]3CN(CCO)CCO3)nc(-c3ccc(C(=O)Nc4cc(C(F)(F)F)ccn4)cc3)c12. The summed E-state index contributed by atoms with van der Waals surface area (Å²) in [5, 5.41) is 12.0. The van der Waals surface area contributed by atoms with Crippen molar-refractivity contribution in [2.24, 2.45) is 0 Å². The second kappa shape index (κ2) is 10.8. The lowest BCUT2D eigenvalue weighted by Crippen LogP contribution is -2.40. The van der Waals surface area contributed by atoms with Crippen molar-refractivity contribution in [1.82, 2.24) is 24.3 Å². The topological polar surface area (TPSA) is 131 Å². The maximum Gasteiger partial charge on any atom is 0.416 e. The molecule has 10 nitrogen and oxygen atoms in total. The molecular formula is C25H23ClF3N7O3. The fraction of sp³-hybridized carbons (Fsp3) is 0.280. The smallest absolute Gasteiger partial charge is 0.395 e. The molecule has 4 aromatic rings. The van der Waals surface area contributed by atoms with Gasteiger partial charge in [0, 0.05) is 37.0 Å². The number of hydrogen-bond donors (Lipinski definition) is 3. The Hall–Kier alpha value is -3.78. The van der Waals surface area contributed by atoms with Crippen LogP contribution in [0.4, 0.5) is 24.8 Å². The first-order chi connectivity index (χ1) is 18.7. The van der Waals surface area contributed by atoms with Crippen LogP contribution in [0, 0.1) is 0 Å². The number of ether oxygens (including phenoxy) is 1. The number of rotatable bonds is 6. The van der Waals surface area contributed by atoms with Crippen LogP contribution in [0.5, 0.6) is 0 Å². The number of carbonyl (C=O) groups is 1. The van der Waals surface area contributed by atoms with E-state index in [0.29, 0.717) is 48.8 Å². The van der Waals surface area contributed by atoms with E-state index in [1.54, 1.807) is 16.5 Å². The van der Waals surface area contributed by atoms with Gasteiger partial charge in [-0.25, -0.2) is 15.0 Å². The van der Waals surface area contributed by atoms with Gasteiger partial charge in [-0.15, -0.1) is 0 Å². The number of morpholine rings is 1. The number of carbonyl (C=O) groups excluding carboxylic acids is 1. The first kappa shape index (κ1) is 26.8. The van der Waals surface area contributed by atoms with Crippen LogP contribution >= 0.6 is 11.6 Å². The van der Waals surface area contributed by atoms with Crippen molar-refractivity contribution in [3.05, 3.63) is 70.9 Å². The molecule has 5 rings (SSSR count).